The van der Waals surface area contributed by atoms with Gasteiger partial charge in [0.05, 0.1) is 0 Å². The van der Waals surface area contributed by atoms with Gasteiger partial charge in [-0.3, -0.25) is 4.79 Å². The number of ether oxygens (including phenoxy) is 1. The minimum Gasteiger partial charge on any atom is -0.480 e. The molecule has 2 atom stereocenters. The third-order valence-electron chi connectivity index (χ3n) is 6.14. The molecule has 0 aromatic heterocycles. The lowest BCUT2D eigenvalue weighted by atomic mass is 9.98. The quantitative estimate of drug-likeness (QED) is 0.485. The molecule has 33 heavy (non-hydrogen) atoms. The predicted molar refractivity (Wildman–Crippen MR) is 129 cm³/mol. The zero-order valence-corrected chi connectivity index (χ0v) is 19.9. The molecule has 3 N–H and O–H groups in total. The zero-order valence-electron chi connectivity index (χ0n) is 19.1. The van der Waals surface area contributed by atoms with Gasteiger partial charge >= 0.3 is 12.1 Å². The Balaban J connectivity index is 1.67. The van der Waals surface area contributed by atoms with Crippen LogP contribution < -0.4 is 10.6 Å². The van der Waals surface area contributed by atoms with Crippen molar-refractivity contribution in [1.82, 2.24) is 10.6 Å². The summed E-state index contributed by atoms with van der Waals surface area (Å²) in [7, 11) is 0. The van der Waals surface area contributed by atoms with Gasteiger partial charge in [0.1, 0.15) is 18.2 Å². The van der Waals surface area contributed by atoms with Gasteiger partial charge in [0, 0.05) is 5.92 Å². The van der Waals surface area contributed by atoms with Crippen molar-refractivity contribution in [3.63, 3.8) is 0 Å². The average molecular weight is 471 g/mol. The van der Waals surface area contributed by atoms with Crippen LogP contribution >= 0.6 is 11.8 Å². The van der Waals surface area contributed by atoms with Crippen molar-refractivity contribution in [1.29, 1.82) is 0 Å². The highest BCUT2D eigenvalue weighted by Gasteiger charge is 2.35. The van der Waals surface area contributed by atoms with E-state index < -0.39 is 29.6 Å². The normalized spacial score (nSPS) is 15.0. The molecule has 7 nitrogen and oxygen atoms in total. The molecule has 0 fully saturated rings. The molecule has 2 aromatic carbocycles. The fraction of sp³-hybridized carbons (Fsp3) is 0.400. The third kappa shape index (κ3) is 5.50. The van der Waals surface area contributed by atoms with Crippen LogP contribution in [0.15, 0.2) is 48.5 Å². The molecule has 1 aliphatic rings. The van der Waals surface area contributed by atoms with Crippen molar-refractivity contribution in [2.75, 3.05) is 18.6 Å². The summed E-state index contributed by atoms with van der Waals surface area (Å²) < 4.78 is 5.55. The largest absolute Gasteiger partial charge is 0.480 e. The smallest absolute Gasteiger partial charge is 0.407 e. The maximum atomic E-state index is 12.8. The van der Waals surface area contributed by atoms with E-state index in [0.29, 0.717) is 12.2 Å². The Labute approximate surface area is 198 Å². The van der Waals surface area contributed by atoms with Crippen molar-refractivity contribution in [2.24, 2.45) is 0 Å². The molecule has 2 amide bonds. The van der Waals surface area contributed by atoms with Gasteiger partial charge in [0.2, 0.25) is 5.91 Å². The summed E-state index contributed by atoms with van der Waals surface area (Å²) in [5.41, 5.74) is 3.06. The highest BCUT2D eigenvalue weighted by Crippen LogP contribution is 2.44. The van der Waals surface area contributed by atoms with Crippen molar-refractivity contribution in [3.05, 3.63) is 59.7 Å². The molecule has 0 spiro atoms. The first-order chi connectivity index (χ1) is 15.8. The Morgan fingerprint density at radius 1 is 1.09 bits per heavy atom. The Bertz CT molecular complexity index is 982. The molecule has 0 saturated carbocycles. The first-order valence-corrected chi connectivity index (χ1v) is 12.4. The highest BCUT2D eigenvalue weighted by molar-refractivity contribution is 7.98. The van der Waals surface area contributed by atoms with E-state index in [4.69, 9.17) is 4.74 Å². The van der Waals surface area contributed by atoms with Crippen molar-refractivity contribution >= 4 is 29.7 Å². The average Bonchev–Trinajstić information content (AvgIpc) is 3.13. The van der Waals surface area contributed by atoms with Gasteiger partial charge in [-0.05, 0) is 54.0 Å². The molecular formula is C25H30N2O5S. The molecule has 8 heteroatoms. The van der Waals surface area contributed by atoms with Gasteiger partial charge in [-0.2, -0.15) is 11.8 Å². The van der Waals surface area contributed by atoms with E-state index in [-0.39, 0.29) is 18.9 Å². The van der Waals surface area contributed by atoms with Crippen LogP contribution in [0.1, 0.15) is 43.7 Å². The number of nitrogens with one attached hydrogen (secondary N) is 2. The number of carbonyl (C=O) groups is 3. The molecule has 0 bridgehead atoms. The number of fused-ring (bicyclic) bond motifs is 3. The summed E-state index contributed by atoms with van der Waals surface area (Å²) in [5, 5.41) is 14.6. The molecule has 2 aromatic rings. The standard InChI is InChI=1S/C25H30N2O5S/c1-4-25(2,23(29)30)27-22(28)21(13-14-33-3)26-24(31)32-15-20-18-11-7-5-9-16(18)17-10-6-8-12-19(17)20/h5-12,20-21H,4,13-15H2,1-3H3,(H,26,31)(H,27,28)(H,29,30)/t21-,25?/m1/s1. The topological polar surface area (TPSA) is 105 Å². The fourth-order valence-corrected chi connectivity index (χ4v) is 4.41. The van der Waals surface area contributed by atoms with Gasteiger partial charge in [0.15, 0.2) is 0 Å². The zero-order chi connectivity index (χ0) is 24.0. The Hall–Kier alpha value is -3.00. The van der Waals surface area contributed by atoms with Crippen LogP contribution in [0.25, 0.3) is 11.1 Å². The number of rotatable bonds is 10. The van der Waals surface area contributed by atoms with Crippen LogP contribution in [-0.4, -0.2) is 53.3 Å². The number of benzene rings is 2. The molecule has 176 valence electrons. The van der Waals surface area contributed by atoms with E-state index >= 15 is 0 Å². The maximum Gasteiger partial charge on any atom is 0.407 e. The Morgan fingerprint density at radius 2 is 1.67 bits per heavy atom. The molecule has 0 aliphatic heterocycles. The second kappa shape index (κ2) is 10.7. The van der Waals surface area contributed by atoms with Crippen molar-refractivity contribution in [2.45, 2.75) is 44.2 Å². The molecule has 0 heterocycles. The molecule has 0 radical (unpaired) electrons. The molecule has 1 unspecified atom stereocenters. The van der Waals surface area contributed by atoms with Crippen LogP contribution in [0.3, 0.4) is 0 Å². The second-order valence-corrected chi connectivity index (χ2v) is 9.27. The minimum atomic E-state index is -1.41. The number of hydrogen-bond acceptors (Lipinski definition) is 5. The lowest BCUT2D eigenvalue weighted by Gasteiger charge is -2.27. The Morgan fingerprint density at radius 3 is 2.18 bits per heavy atom. The third-order valence-corrected chi connectivity index (χ3v) is 6.79. The Kier molecular flexibility index (Phi) is 8.02. The molecule has 0 saturated heterocycles. The number of aliphatic carboxylic acids is 1. The van der Waals surface area contributed by atoms with Crippen molar-refractivity contribution in [3.8, 4) is 11.1 Å². The van der Waals surface area contributed by atoms with Gasteiger partial charge in [-0.15, -0.1) is 0 Å². The van der Waals surface area contributed by atoms with Crippen molar-refractivity contribution < 1.29 is 24.2 Å². The van der Waals surface area contributed by atoms with Gasteiger partial charge < -0.3 is 20.5 Å². The van der Waals surface area contributed by atoms with Crippen LogP contribution in [-0.2, 0) is 14.3 Å². The number of amides is 2. The van der Waals surface area contributed by atoms with E-state index in [1.807, 2.05) is 42.7 Å². The fourth-order valence-electron chi connectivity index (χ4n) is 3.94. The SMILES string of the molecule is CCC(C)(NC(=O)[C@@H](CCSC)NC(=O)OCC1c2ccccc2-c2ccccc21)C(=O)O. The predicted octanol–water partition coefficient (Wildman–Crippen LogP) is 4.02. The van der Waals surface area contributed by atoms with Crippen LogP contribution in [0, 0.1) is 0 Å². The minimum absolute atomic E-state index is 0.0861. The number of carbonyl (C=O) groups excluding carboxylic acids is 2. The first-order valence-electron chi connectivity index (χ1n) is 11.0. The summed E-state index contributed by atoms with van der Waals surface area (Å²) in [4.78, 5) is 37.0. The van der Waals surface area contributed by atoms with Crippen LogP contribution in [0.4, 0.5) is 4.79 Å². The number of carboxylic acid groups (broad SMARTS) is 1. The summed E-state index contributed by atoms with van der Waals surface area (Å²) >= 11 is 1.53. The number of hydrogen-bond donors (Lipinski definition) is 3. The monoisotopic (exact) mass is 470 g/mol. The van der Waals surface area contributed by atoms with E-state index in [2.05, 4.69) is 22.8 Å². The van der Waals surface area contributed by atoms with Gasteiger partial charge in [0.25, 0.3) is 0 Å². The number of alkyl carbamates (subject to hydrolysis) is 1. The van der Waals surface area contributed by atoms with Crippen LogP contribution in [0.5, 0.6) is 0 Å². The number of carboxylic acids is 1. The number of thioether (sulfide) groups is 1. The summed E-state index contributed by atoms with van der Waals surface area (Å²) in [6.45, 7) is 3.27. The summed E-state index contributed by atoms with van der Waals surface area (Å²) in [5.74, 6) is -1.12. The molecule has 1 aliphatic carbocycles. The van der Waals surface area contributed by atoms with E-state index in [1.54, 1.807) is 6.92 Å². The lowest BCUT2D eigenvalue weighted by molar-refractivity contribution is -0.147. The van der Waals surface area contributed by atoms with E-state index in [0.717, 1.165) is 22.3 Å². The summed E-state index contributed by atoms with van der Waals surface area (Å²) in [6.07, 6.45) is 1.77. The van der Waals surface area contributed by atoms with Gasteiger partial charge in [-0.1, -0.05) is 55.5 Å². The van der Waals surface area contributed by atoms with E-state index in [9.17, 15) is 19.5 Å². The lowest BCUT2D eigenvalue weighted by Crippen LogP contribution is -2.57. The van der Waals surface area contributed by atoms with E-state index in [1.165, 1.54) is 18.7 Å². The molecular weight excluding hydrogens is 440 g/mol. The molecule has 3 rings (SSSR count). The van der Waals surface area contributed by atoms with Crippen LogP contribution in [0.2, 0.25) is 0 Å². The van der Waals surface area contributed by atoms with Gasteiger partial charge in [-0.25, -0.2) is 9.59 Å². The highest BCUT2D eigenvalue weighted by atomic mass is 32.2. The summed E-state index contributed by atoms with van der Waals surface area (Å²) in [6, 6.07) is 15.2. The first kappa shape index (κ1) is 24.6. The maximum absolute atomic E-state index is 12.8. The second-order valence-electron chi connectivity index (χ2n) is 8.28.